The summed E-state index contributed by atoms with van der Waals surface area (Å²) in [5.74, 6) is -0.256. The van der Waals surface area contributed by atoms with E-state index in [1.807, 2.05) is 12.1 Å². The maximum absolute atomic E-state index is 10.4. The lowest BCUT2D eigenvalue weighted by Gasteiger charge is -1.99. The van der Waals surface area contributed by atoms with Crippen molar-refractivity contribution in [3.63, 3.8) is 0 Å². The first kappa shape index (κ1) is 7.79. The fraction of sp³-hybridized carbons (Fsp3) is 0.222. The van der Waals surface area contributed by atoms with Crippen LogP contribution in [-0.4, -0.2) is 5.97 Å². The zero-order chi connectivity index (χ0) is 8.10. The predicted molar refractivity (Wildman–Crippen MR) is 40.7 cm³/mol. The van der Waals surface area contributed by atoms with Crippen molar-refractivity contribution < 1.29 is 9.53 Å². The van der Waals surface area contributed by atoms with Crippen LogP contribution in [-0.2, 0) is 16.1 Å². The Morgan fingerprint density at radius 2 is 2.55 bits per heavy atom. The van der Waals surface area contributed by atoms with Gasteiger partial charge < -0.3 is 4.74 Å². The number of benzene rings is 1. The van der Waals surface area contributed by atoms with Gasteiger partial charge in [-0.2, -0.15) is 0 Å². The van der Waals surface area contributed by atoms with E-state index in [0.717, 1.165) is 5.56 Å². The Kier molecular flexibility index (Phi) is 2.66. The SMILES string of the molecule is CC(=O)OCc1c[c]ccc1. The molecule has 0 fully saturated rings. The molecule has 0 amide bonds. The highest BCUT2D eigenvalue weighted by molar-refractivity contribution is 5.65. The van der Waals surface area contributed by atoms with Gasteiger partial charge in [-0.25, -0.2) is 0 Å². The maximum Gasteiger partial charge on any atom is 0.302 e. The Bertz CT molecular complexity index is 229. The van der Waals surface area contributed by atoms with E-state index in [1.165, 1.54) is 6.92 Å². The van der Waals surface area contributed by atoms with Crippen molar-refractivity contribution in [1.82, 2.24) is 0 Å². The monoisotopic (exact) mass is 149 g/mol. The number of ether oxygens (including phenoxy) is 1. The summed E-state index contributed by atoms with van der Waals surface area (Å²) in [6, 6.07) is 10.2. The lowest BCUT2D eigenvalue weighted by Crippen LogP contribution is -1.98. The number of carbonyl (C=O) groups is 1. The smallest absolute Gasteiger partial charge is 0.302 e. The van der Waals surface area contributed by atoms with Crippen molar-refractivity contribution >= 4 is 5.97 Å². The Morgan fingerprint density at radius 1 is 1.73 bits per heavy atom. The second-order valence-corrected chi connectivity index (χ2v) is 2.19. The lowest BCUT2D eigenvalue weighted by molar-refractivity contribution is -0.142. The second kappa shape index (κ2) is 3.76. The van der Waals surface area contributed by atoms with Gasteiger partial charge >= 0.3 is 5.97 Å². The van der Waals surface area contributed by atoms with E-state index in [2.05, 4.69) is 6.07 Å². The summed E-state index contributed by atoms with van der Waals surface area (Å²) in [6.45, 7) is 1.74. The predicted octanol–water partition coefficient (Wildman–Crippen LogP) is 1.55. The standard InChI is InChI=1S/C9H9O2/c1-8(10)11-7-9-5-3-2-4-6-9/h2-3,5-6H,7H2,1H3. The van der Waals surface area contributed by atoms with Crippen molar-refractivity contribution in [1.29, 1.82) is 0 Å². The molecule has 1 aromatic carbocycles. The van der Waals surface area contributed by atoms with Crippen LogP contribution < -0.4 is 0 Å². The molecule has 0 atom stereocenters. The van der Waals surface area contributed by atoms with E-state index in [4.69, 9.17) is 4.74 Å². The summed E-state index contributed by atoms with van der Waals surface area (Å²) >= 11 is 0. The van der Waals surface area contributed by atoms with E-state index < -0.39 is 0 Å². The van der Waals surface area contributed by atoms with Crippen LogP contribution in [0.2, 0.25) is 0 Å². The van der Waals surface area contributed by atoms with Crippen molar-refractivity contribution in [2.24, 2.45) is 0 Å². The molecule has 11 heavy (non-hydrogen) atoms. The second-order valence-electron chi connectivity index (χ2n) is 2.19. The van der Waals surface area contributed by atoms with E-state index in [0.29, 0.717) is 6.61 Å². The van der Waals surface area contributed by atoms with E-state index in [9.17, 15) is 4.79 Å². The molecule has 0 aliphatic rings. The highest BCUT2D eigenvalue weighted by atomic mass is 16.5. The van der Waals surface area contributed by atoms with Crippen molar-refractivity contribution in [2.75, 3.05) is 0 Å². The van der Waals surface area contributed by atoms with Crippen LogP contribution in [0.4, 0.5) is 0 Å². The van der Waals surface area contributed by atoms with Gasteiger partial charge in [0.05, 0.1) is 0 Å². The van der Waals surface area contributed by atoms with Crippen LogP contribution in [0.5, 0.6) is 0 Å². The van der Waals surface area contributed by atoms with Crippen LogP contribution in [0.1, 0.15) is 12.5 Å². The van der Waals surface area contributed by atoms with Gasteiger partial charge in [-0.1, -0.05) is 18.2 Å². The molecule has 0 N–H and O–H groups in total. The minimum atomic E-state index is -0.256. The summed E-state index contributed by atoms with van der Waals surface area (Å²) < 4.78 is 4.77. The van der Waals surface area contributed by atoms with Gasteiger partial charge in [-0.3, -0.25) is 4.79 Å². The minimum absolute atomic E-state index is 0.256. The molecule has 0 saturated carbocycles. The summed E-state index contributed by atoms with van der Waals surface area (Å²) in [5.41, 5.74) is 0.961. The van der Waals surface area contributed by atoms with Gasteiger partial charge in [0, 0.05) is 6.92 Å². The zero-order valence-corrected chi connectivity index (χ0v) is 6.33. The Labute approximate surface area is 65.8 Å². The normalized spacial score (nSPS) is 9.18. The third kappa shape index (κ3) is 2.85. The van der Waals surface area contributed by atoms with Crippen LogP contribution in [0.3, 0.4) is 0 Å². The third-order valence-electron chi connectivity index (χ3n) is 1.21. The van der Waals surface area contributed by atoms with E-state index in [1.54, 1.807) is 12.1 Å². The molecule has 0 heterocycles. The first-order valence-corrected chi connectivity index (χ1v) is 3.37. The molecule has 0 aliphatic carbocycles. The zero-order valence-electron chi connectivity index (χ0n) is 6.33. The number of esters is 1. The molecule has 0 unspecified atom stereocenters. The number of hydrogen-bond acceptors (Lipinski definition) is 2. The largest absolute Gasteiger partial charge is 0.461 e. The average molecular weight is 149 g/mol. The number of rotatable bonds is 2. The fourth-order valence-electron chi connectivity index (χ4n) is 0.705. The topological polar surface area (TPSA) is 26.3 Å². The summed E-state index contributed by atoms with van der Waals surface area (Å²) in [7, 11) is 0. The summed E-state index contributed by atoms with van der Waals surface area (Å²) in [5, 5.41) is 0. The van der Waals surface area contributed by atoms with E-state index >= 15 is 0 Å². The quantitative estimate of drug-likeness (QED) is 0.596. The Morgan fingerprint density at radius 3 is 3.09 bits per heavy atom. The van der Waals surface area contributed by atoms with Crippen LogP contribution in [0.25, 0.3) is 0 Å². The number of hydrogen-bond donors (Lipinski definition) is 0. The van der Waals surface area contributed by atoms with Gasteiger partial charge in [0.25, 0.3) is 0 Å². The molecule has 1 rings (SSSR count). The maximum atomic E-state index is 10.4. The van der Waals surface area contributed by atoms with Gasteiger partial charge in [-0.05, 0) is 17.7 Å². The minimum Gasteiger partial charge on any atom is -0.461 e. The molecule has 2 nitrogen and oxygen atoms in total. The first-order chi connectivity index (χ1) is 5.29. The molecule has 1 aromatic rings. The molecule has 0 bridgehead atoms. The van der Waals surface area contributed by atoms with Crippen LogP contribution in [0.15, 0.2) is 24.3 Å². The molecule has 1 radical (unpaired) electrons. The van der Waals surface area contributed by atoms with Gasteiger partial charge in [0.15, 0.2) is 0 Å². The fourth-order valence-corrected chi connectivity index (χ4v) is 0.705. The lowest BCUT2D eigenvalue weighted by atomic mass is 10.2. The third-order valence-corrected chi connectivity index (χ3v) is 1.21. The first-order valence-electron chi connectivity index (χ1n) is 3.37. The Balaban J connectivity index is 2.45. The van der Waals surface area contributed by atoms with Crippen molar-refractivity contribution in [3.8, 4) is 0 Å². The average Bonchev–Trinajstić information content (AvgIpc) is 2.03. The molecule has 2 heteroatoms. The van der Waals surface area contributed by atoms with Gasteiger partial charge in [-0.15, -0.1) is 0 Å². The van der Waals surface area contributed by atoms with Crippen LogP contribution in [0, 0.1) is 6.07 Å². The molecule has 0 aromatic heterocycles. The van der Waals surface area contributed by atoms with Crippen molar-refractivity contribution in [2.45, 2.75) is 13.5 Å². The molecule has 57 valence electrons. The van der Waals surface area contributed by atoms with Crippen molar-refractivity contribution in [3.05, 3.63) is 35.9 Å². The molecular weight excluding hydrogens is 140 g/mol. The molecule has 0 aliphatic heterocycles. The van der Waals surface area contributed by atoms with E-state index in [-0.39, 0.29) is 5.97 Å². The summed E-state index contributed by atoms with van der Waals surface area (Å²) in [6.07, 6.45) is 0. The highest BCUT2D eigenvalue weighted by Crippen LogP contribution is 1.99. The van der Waals surface area contributed by atoms with Gasteiger partial charge in [0.2, 0.25) is 0 Å². The van der Waals surface area contributed by atoms with Gasteiger partial charge in [0.1, 0.15) is 6.61 Å². The van der Waals surface area contributed by atoms with Crippen LogP contribution >= 0.6 is 0 Å². The summed E-state index contributed by atoms with van der Waals surface area (Å²) in [4.78, 5) is 10.4. The molecule has 0 spiro atoms. The molecule has 0 saturated heterocycles. The number of carbonyl (C=O) groups excluding carboxylic acids is 1. The molecular formula is C9H9O2. The Hall–Kier alpha value is -1.31. The highest BCUT2D eigenvalue weighted by Gasteiger charge is 1.93.